The largest absolute Gasteiger partial charge is 0.409 e. The van der Waals surface area contributed by atoms with Gasteiger partial charge in [-0.2, -0.15) is 0 Å². The molecular formula is C13H19N3O2. The third-order valence-corrected chi connectivity index (χ3v) is 2.73. The van der Waals surface area contributed by atoms with Crippen LogP contribution in [-0.4, -0.2) is 23.5 Å². The Balaban J connectivity index is 2.51. The number of carbonyl (C=O) groups is 1. The van der Waals surface area contributed by atoms with E-state index in [9.17, 15) is 4.79 Å². The summed E-state index contributed by atoms with van der Waals surface area (Å²) in [6.45, 7) is 4.33. The molecule has 1 amide bonds. The number of amidine groups is 1. The predicted octanol–water partition coefficient (Wildman–Crippen LogP) is 1.56. The van der Waals surface area contributed by atoms with E-state index in [1.165, 1.54) is 0 Å². The number of nitrogens with zero attached hydrogens (tertiary/aromatic N) is 1. The Hall–Kier alpha value is -2.04. The fourth-order valence-corrected chi connectivity index (χ4v) is 1.78. The molecule has 0 aliphatic heterocycles. The first kappa shape index (κ1) is 14.0. The summed E-state index contributed by atoms with van der Waals surface area (Å²) in [7, 11) is 0. The van der Waals surface area contributed by atoms with Crippen molar-refractivity contribution < 1.29 is 10.0 Å². The summed E-state index contributed by atoms with van der Waals surface area (Å²) in [6, 6.07) is 5.76. The molecule has 0 atom stereocenters. The van der Waals surface area contributed by atoms with Gasteiger partial charge in [0.2, 0.25) is 0 Å². The molecular weight excluding hydrogens is 230 g/mol. The number of hydrogen-bond acceptors (Lipinski definition) is 3. The Labute approximate surface area is 107 Å². The van der Waals surface area contributed by atoms with Crippen LogP contribution in [0.5, 0.6) is 0 Å². The Kier molecular flexibility index (Phi) is 5.17. The number of oxime groups is 1. The van der Waals surface area contributed by atoms with Gasteiger partial charge in [0.1, 0.15) is 5.84 Å². The lowest BCUT2D eigenvalue weighted by Crippen LogP contribution is -2.27. The van der Waals surface area contributed by atoms with Crippen molar-refractivity contribution in [2.45, 2.75) is 26.7 Å². The van der Waals surface area contributed by atoms with Gasteiger partial charge >= 0.3 is 0 Å². The van der Waals surface area contributed by atoms with Crippen LogP contribution in [0.4, 0.5) is 0 Å². The number of carbonyl (C=O) groups excluding carboxylic acids is 1. The van der Waals surface area contributed by atoms with Gasteiger partial charge in [0.05, 0.1) is 0 Å². The van der Waals surface area contributed by atoms with Gasteiger partial charge < -0.3 is 16.3 Å². The number of amides is 1. The van der Waals surface area contributed by atoms with Gasteiger partial charge in [0, 0.05) is 18.5 Å². The van der Waals surface area contributed by atoms with Crippen molar-refractivity contribution in [2.24, 2.45) is 10.9 Å². The monoisotopic (exact) mass is 249 g/mol. The Morgan fingerprint density at radius 3 is 2.56 bits per heavy atom. The van der Waals surface area contributed by atoms with Crippen LogP contribution in [0, 0.1) is 13.8 Å². The molecule has 5 heteroatoms. The molecule has 0 fully saturated rings. The zero-order valence-corrected chi connectivity index (χ0v) is 10.7. The van der Waals surface area contributed by atoms with Crippen molar-refractivity contribution >= 4 is 11.7 Å². The van der Waals surface area contributed by atoms with E-state index in [0.717, 1.165) is 16.7 Å². The fourth-order valence-electron chi connectivity index (χ4n) is 1.78. The molecule has 1 rings (SSSR count). The summed E-state index contributed by atoms with van der Waals surface area (Å²) < 4.78 is 0. The van der Waals surface area contributed by atoms with Crippen LogP contribution in [0.2, 0.25) is 0 Å². The number of benzene rings is 1. The summed E-state index contributed by atoms with van der Waals surface area (Å²) in [5, 5.41) is 14.1. The van der Waals surface area contributed by atoms with Crippen LogP contribution < -0.4 is 11.1 Å². The molecule has 98 valence electrons. The Bertz CT molecular complexity index is 435. The molecule has 0 radical (unpaired) electrons. The standard InChI is InChI=1S/C13H19N3O2/c1-9-5-3-6-10(2)12(9)13(17)15-8-4-7-11(14)16-18/h3,5-6,18H,4,7-8H2,1-2H3,(H2,14,16)(H,15,17). The maximum atomic E-state index is 12.0. The molecule has 0 bridgehead atoms. The smallest absolute Gasteiger partial charge is 0.251 e. The molecule has 1 aromatic carbocycles. The predicted molar refractivity (Wildman–Crippen MR) is 70.9 cm³/mol. The number of rotatable bonds is 5. The lowest BCUT2D eigenvalue weighted by Gasteiger charge is -2.10. The van der Waals surface area contributed by atoms with Crippen molar-refractivity contribution in [1.29, 1.82) is 0 Å². The maximum absolute atomic E-state index is 12.0. The summed E-state index contributed by atoms with van der Waals surface area (Å²) in [5.41, 5.74) is 7.98. The summed E-state index contributed by atoms with van der Waals surface area (Å²) in [6.07, 6.45) is 1.11. The van der Waals surface area contributed by atoms with E-state index in [1.807, 2.05) is 32.0 Å². The van der Waals surface area contributed by atoms with Crippen molar-refractivity contribution in [3.8, 4) is 0 Å². The minimum atomic E-state index is -0.0786. The van der Waals surface area contributed by atoms with E-state index >= 15 is 0 Å². The molecule has 1 aromatic rings. The zero-order chi connectivity index (χ0) is 13.5. The van der Waals surface area contributed by atoms with Gasteiger partial charge in [-0.15, -0.1) is 0 Å². The second-order valence-electron chi connectivity index (χ2n) is 4.22. The van der Waals surface area contributed by atoms with Crippen molar-refractivity contribution in [1.82, 2.24) is 5.32 Å². The molecule has 0 saturated heterocycles. The van der Waals surface area contributed by atoms with Crippen LogP contribution >= 0.6 is 0 Å². The van der Waals surface area contributed by atoms with Gasteiger partial charge in [-0.05, 0) is 31.4 Å². The second-order valence-corrected chi connectivity index (χ2v) is 4.22. The quantitative estimate of drug-likeness (QED) is 0.243. The highest BCUT2D eigenvalue weighted by Crippen LogP contribution is 2.12. The second kappa shape index (κ2) is 6.64. The Morgan fingerprint density at radius 2 is 2.00 bits per heavy atom. The van der Waals surface area contributed by atoms with Crippen molar-refractivity contribution in [2.75, 3.05) is 6.54 Å². The van der Waals surface area contributed by atoms with Crippen LogP contribution in [0.25, 0.3) is 0 Å². The molecule has 0 saturated carbocycles. The lowest BCUT2D eigenvalue weighted by molar-refractivity contribution is 0.0952. The minimum Gasteiger partial charge on any atom is -0.409 e. The number of nitrogens with one attached hydrogen (secondary N) is 1. The van der Waals surface area contributed by atoms with Crippen molar-refractivity contribution in [3.63, 3.8) is 0 Å². The van der Waals surface area contributed by atoms with E-state index in [-0.39, 0.29) is 11.7 Å². The van der Waals surface area contributed by atoms with Crippen LogP contribution in [0.1, 0.15) is 34.3 Å². The minimum absolute atomic E-state index is 0.0786. The molecule has 0 aromatic heterocycles. The SMILES string of the molecule is Cc1cccc(C)c1C(=O)NCCC/C(N)=N/O. The first-order valence-corrected chi connectivity index (χ1v) is 5.87. The first-order chi connectivity index (χ1) is 8.56. The first-order valence-electron chi connectivity index (χ1n) is 5.87. The molecule has 0 aliphatic carbocycles. The van der Waals surface area contributed by atoms with E-state index in [2.05, 4.69) is 10.5 Å². The maximum Gasteiger partial charge on any atom is 0.251 e. The van der Waals surface area contributed by atoms with Crippen LogP contribution in [0.3, 0.4) is 0 Å². The van der Waals surface area contributed by atoms with Gasteiger partial charge in [0.15, 0.2) is 0 Å². The highest BCUT2D eigenvalue weighted by Gasteiger charge is 2.10. The van der Waals surface area contributed by atoms with E-state index in [1.54, 1.807) is 0 Å². The fraction of sp³-hybridized carbons (Fsp3) is 0.385. The average molecular weight is 249 g/mol. The van der Waals surface area contributed by atoms with Gasteiger partial charge in [-0.25, -0.2) is 0 Å². The van der Waals surface area contributed by atoms with Crippen LogP contribution in [0.15, 0.2) is 23.4 Å². The van der Waals surface area contributed by atoms with Gasteiger partial charge in [-0.3, -0.25) is 4.79 Å². The van der Waals surface area contributed by atoms with Crippen LogP contribution in [-0.2, 0) is 0 Å². The highest BCUT2D eigenvalue weighted by atomic mass is 16.4. The third-order valence-electron chi connectivity index (χ3n) is 2.73. The molecule has 4 N–H and O–H groups in total. The number of aryl methyl sites for hydroxylation is 2. The molecule has 0 unspecified atom stereocenters. The molecule has 5 nitrogen and oxygen atoms in total. The molecule has 0 spiro atoms. The average Bonchev–Trinajstić information content (AvgIpc) is 2.34. The topological polar surface area (TPSA) is 87.7 Å². The third kappa shape index (κ3) is 3.76. The zero-order valence-electron chi connectivity index (χ0n) is 10.7. The highest BCUT2D eigenvalue weighted by molar-refractivity contribution is 5.97. The van der Waals surface area contributed by atoms with E-state index in [4.69, 9.17) is 10.9 Å². The molecule has 0 heterocycles. The van der Waals surface area contributed by atoms with Crippen molar-refractivity contribution in [3.05, 3.63) is 34.9 Å². The Morgan fingerprint density at radius 1 is 1.39 bits per heavy atom. The summed E-state index contributed by atoms with van der Waals surface area (Å²) in [4.78, 5) is 12.0. The summed E-state index contributed by atoms with van der Waals surface area (Å²) in [5.74, 6) is 0.0985. The van der Waals surface area contributed by atoms with Gasteiger partial charge in [-0.1, -0.05) is 23.4 Å². The number of hydrogen-bond donors (Lipinski definition) is 3. The molecule has 18 heavy (non-hydrogen) atoms. The number of nitrogens with two attached hydrogens (primary N) is 1. The van der Waals surface area contributed by atoms with E-state index < -0.39 is 0 Å². The lowest BCUT2D eigenvalue weighted by atomic mass is 10.0. The van der Waals surface area contributed by atoms with Gasteiger partial charge in [0.25, 0.3) is 5.91 Å². The normalized spacial score (nSPS) is 11.3. The summed E-state index contributed by atoms with van der Waals surface area (Å²) >= 11 is 0. The molecule has 0 aliphatic rings. The van der Waals surface area contributed by atoms with E-state index in [0.29, 0.717) is 19.4 Å².